The van der Waals surface area contributed by atoms with Crippen molar-refractivity contribution in [1.82, 2.24) is 4.31 Å². The molecule has 1 unspecified atom stereocenters. The number of rotatable bonds is 7. The van der Waals surface area contributed by atoms with Gasteiger partial charge >= 0.3 is 5.97 Å². The van der Waals surface area contributed by atoms with E-state index in [1.807, 2.05) is 0 Å². The van der Waals surface area contributed by atoms with Gasteiger partial charge in [0.15, 0.2) is 0 Å². The van der Waals surface area contributed by atoms with E-state index in [0.29, 0.717) is 18.2 Å². The van der Waals surface area contributed by atoms with Gasteiger partial charge in [-0.1, -0.05) is 13.8 Å². The molecule has 1 fully saturated rings. The lowest BCUT2D eigenvalue weighted by molar-refractivity contribution is -0.136. The zero-order chi connectivity index (χ0) is 17.4. The molecule has 1 atom stereocenters. The number of aliphatic carboxylic acids is 1. The average molecular weight is 341 g/mol. The molecule has 0 bridgehead atoms. The largest absolute Gasteiger partial charge is 0.497 e. The second-order valence-corrected chi connectivity index (χ2v) is 8.73. The summed E-state index contributed by atoms with van der Waals surface area (Å²) in [5.74, 6) is -0.310. The van der Waals surface area contributed by atoms with Crippen molar-refractivity contribution in [1.29, 1.82) is 0 Å². The van der Waals surface area contributed by atoms with Crippen LogP contribution in [-0.2, 0) is 21.2 Å². The van der Waals surface area contributed by atoms with Crippen molar-refractivity contribution in [2.45, 2.75) is 31.6 Å². The van der Waals surface area contributed by atoms with Gasteiger partial charge in [0.1, 0.15) is 5.75 Å². The molecule has 7 heteroatoms. The quantitative estimate of drug-likeness (QED) is 0.820. The number of methoxy groups -OCH3 is 1. The molecule has 0 radical (unpaired) electrons. The van der Waals surface area contributed by atoms with Crippen LogP contribution >= 0.6 is 0 Å². The number of nitrogens with zero attached hydrogens (tertiary/aromatic N) is 1. The fourth-order valence-corrected chi connectivity index (χ4v) is 4.11. The van der Waals surface area contributed by atoms with Crippen LogP contribution in [0.3, 0.4) is 0 Å². The van der Waals surface area contributed by atoms with Crippen LogP contribution in [0, 0.1) is 11.3 Å². The van der Waals surface area contributed by atoms with E-state index in [0.717, 1.165) is 6.42 Å². The topological polar surface area (TPSA) is 83.9 Å². The molecule has 128 valence electrons. The fraction of sp³-hybridized carbons (Fsp3) is 0.562. The van der Waals surface area contributed by atoms with Crippen molar-refractivity contribution in [3.8, 4) is 5.75 Å². The Morgan fingerprint density at radius 1 is 1.43 bits per heavy atom. The Bertz CT molecular complexity index is 711. The summed E-state index contributed by atoms with van der Waals surface area (Å²) in [6.45, 7) is 4.66. The number of benzene rings is 1. The van der Waals surface area contributed by atoms with Gasteiger partial charge in [0.05, 0.1) is 18.4 Å². The maximum absolute atomic E-state index is 12.8. The lowest BCUT2D eigenvalue weighted by atomic mass is 10.1. The molecule has 1 saturated carbocycles. The summed E-state index contributed by atoms with van der Waals surface area (Å²) in [5.41, 5.74) is 0.409. The number of ether oxygens (including phenoxy) is 1. The van der Waals surface area contributed by atoms with Crippen LogP contribution in [0.15, 0.2) is 23.1 Å². The van der Waals surface area contributed by atoms with Gasteiger partial charge in [-0.25, -0.2) is 12.7 Å². The molecule has 0 aliphatic heterocycles. The minimum atomic E-state index is -3.73. The Kier molecular flexibility index (Phi) is 4.73. The van der Waals surface area contributed by atoms with Crippen LogP contribution in [0.4, 0.5) is 0 Å². The van der Waals surface area contributed by atoms with Gasteiger partial charge in [0.25, 0.3) is 0 Å². The SMILES string of the molecule is COc1ccc(S(=O)(=O)N(C)CC2CC2(C)C)c(CC(=O)O)c1. The standard InChI is InChI=1S/C16H23NO5S/c1-16(2)9-12(16)10-17(3)23(20,21)14-6-5-13(22-4)7-11(14)8-15(18)19/h5-7,12H,8-10H2,1-4H3,(H,18,19). The second-order valence-electron chi connectivity index (χ2n) is 6.72. The van der Waals surface area contributed by atoms with Gasteiger partial charge < -0.3 is 9.84 Å². The van der Waals surface area contributed by atoms with E-state index in [1.165, 1.54) is 29.6 Å². The predicted octanol–water partition coefficient (Wildman–Crippen LogP) is 1.99. The zero-order valence-electron chi connectivity index (χ0n) is 13.9. The molecule has 2 rings (SSSR count). The van der Waals surface area contributed by atoms with E-state index < -0.39 is 16.0 Å². The van der Waals surface area contributed by atoms with E-state index in [2.05, 4.69) is 13.8 Å². The molecular formula is C16H23NO5S. The summed E-state index contributed by atoms with van der Waals surface area (Å²) in [5, 5.41) is 9.03. The van der Waals surface area contributed by atoms with Gasteiger partial charge in [0.2, 0.25) is 10.0 Å². The molecule has 23 heavy (non-hydrogen) atoms. The molecule has 0 aromatic heterocycles. The van der Waals surface area contributed by atoms with Gasteiger partial charge in [-0.05, 0) is 41.5 Å². The van der Waals surface area contributed by atoms with E-state index in [9.17, 15) is 13.2 Å². The summed E-state index contributed by atoms with van der Waals surface area (Å²) >= 11 is 0. The minimum Gasteiger partial charge on any atom is -0.497 e. The van der Waals surface area contributed by atoms with E-state index in [-0.39, 0.29) is 22.3 Å². The molecule has 0 amide bonds. The molecule has 1 N–H and O–H groups in total. The first-order valence-corrected chi connectivity index (χ1v) is 8.87. The predicted molar refractivity (Wildman–Crippen MR) is 86.0 cm³/mol. The highest BCUT2D eigenvalue weighted by molar-refractivity contribution is 7.89. The third-order valence-electron chi connectivity index (χ3n) is 4.49. The Hall–Kier alpha value is -1.60. The summed E-state index contributed by atoms with van der Waals surface area (Å²) < 4.78 is 32.0. The first kappa shape index (κ1) is 17.7. The first-order chi connectivity index (χ1) is 10.6. The van der Waals surface area contributed by atoms with Gasteiger partial charge in [-0.3, -0.25) is 4.79 Å². The summed E-state index contributed by atoms with van der Waals surface area (Å²) in [7, 11) is -0.737. The maximum Gasteiger partial charge on any atom is 0.307 e. The lowest BCUT2D eigenvalue weighted by Gasteiger charge is -2.20. The Morgan fingerprint density at radius 3 is 2.52 bits per heavy atom. The van der Waals surface area contributed by atoms with Gasteiger partial charge in [-0.2, -0.15) is 0 Å². The molecule has 1 aliphatic rings. The summed E-state index contributed by atoms with van der Waals surface area (Å²) in [6, 6.07) is 4.42. The molecule has 1 aliphatic carbocycles. The number of carboxylic acid groups (broad SMARTS) is 1. The number of sulfonamides is 1. The number of hydrogen-bond donors (Lipinski definition) is 1. The van der Waals surface area contributed by atoms with Crippen LogP contribution in [0.25, 0.3) is 0 Å². The Balaban J connectivity index is 2.32. The van der Waals surface area contributed by atoms with Crippen molar-refractivity contribution in [3.63, 3.8) is 0 Å². The second kappa shape index (κ2) is 6.13. The normalized spacial score (nSPS) is 19.6. The fourth-order valence-electron chi connectivity index (χ4n) is 2.70. The first-order valence-electron chi connectivity index (χ1n) is 7.43. The van der Waals surface area contributed by atoms with Gasteiger partial charge in [0, 0.05) is 13.6 Å². The van der Waals surface area contributed by atoms with Crippen molar-refractivity contribution < 1.29 is 23.1 Å². The maximum atomic E-state index is 12.8. The number of hydrogen-bond acceptors (Lipinski definition) is 4. The average Bonchev–Trinajstić information content (AvgIpc) is 3.04. The minimum absolute atomic E-state index is 0.0293. The lowest BCUT2D eigenvalue weighted by Crippen LogP contribution is -2.30. The van der Waals surface area contributed by atoms with Crippen LogP contribution in [0.2, 0.25) is 0 Å². The molecule has 1 aromatic rings. The van der Waals surface area contributed by atoms with Gasteiger partial charge in [-0.15, -0.1) is 0 Å². The number of carbonyl (C=O) groups is 1. The van der Waals surface area contributed by atoms with Crippen molar-refractivity contribution in [3.05, 3.63) is 23.8 Å². The third kappa shape index (κ3) is 3.84. The van der Waals surface area contributed by atoms with E-state index in [1.54, 1.807) is 7.05 Å². The molecular weight excluding hydrogens is 318 g/mol. The van der Waals surface area contributed by atoms with Crippen molar-refractivity contribution in [2.24, 2.45) is 11.3 Å². The highest BCUT2D eigenvalue weighted by atomic mass is 32.2. The van der Waals surface area contributed by atoms with Crippen LogP contribution in [0.1, 0.15) is 25.8 Å². The molecule has 1 aromatic carbocycles. The van der Waals surface area contributed by atoms with Crippen LogP contribution in [-0.4, -0.2) is 44.5 Å². The smallest absolute Gasteiger partial charge is 0.307 e. The molecule has 6 nitrogen and oxygen atoms in total. The van der Waals surface area contributed by atoms with E-state index in [4.69, 9.17) is 9.84 Å². The van der Waals surface area contributed by atoms with E-state index >= 15 is 0 Å². The molecule has 0 heterocycles. The Labute approximate surface area is 137 Å². The summed E-state index contributed by atoms with van der Waals surface area (Å²) in [6.07, 6.45) is 0.631. The van der Waals surface area contributed by atoms with Crippen LogP contribution in [0.5, 0.6) is 5.75 Å². The molecule has 0 saturated heterocycles. The summed E-state index contributed by atoms with van der Waals surface area (Å²) in [4.78, 5) is 11.1. The highest BCUT2D eigenvalue weighted by Crippen LogP contribution is 2.52. The zero-order valence-corrected chi connectivity index (χ0v) is 14.7. The highest BCUT2D eigenvalue weighted by Gasteiger charge is 2.47. The van der Waals surface area contributed by atoms with Crippen molar-refractivity contribution >= 4 is 16.0 Å². The van der Waals surface area contributed by atoms with Crippen molar-refractivity contribution in [2.75, 3.05) is 20.7 Å². The number of carboxylic acids is 1. The third-order valence-corrected chi connectivity index (χ3v) is 6.42. The monoisotopic (exact) mass is 341 g/mol. The molecule has 0 spiro atoms. The Morgan fingerprint density at radius 2 is 2.04 bits per heavy atom. The van der Waals surface area contributed by atoms with Crippen LogP contribution < -0.4 is 4.74 Å².